The summed E-state index contributed by atoms with van der Waals surface area (Å²) in [5, 5.41) is 0. The Kier molecular flexibility index (Phi) is 7.91. The van der Waals surface area contributed by atoms with Gasteiger partial charge in [0.1, 0.15) is 0 Å². The van der Waals surface area contributed by atoms with Crippen LogP contribution >= 0.6 is 0 Å². The second-order valence-corrected chi connectivity index (χ2v) is 18.4. The van der Waals surface area contributed by atoms with Gasteiger partial charge in [-0.2, -0.15) is 0 Å². The Morgan fingerprint density at radius 1 is 0.290 bits per heavy atom. The van der Waals surface area contributed by atoms with Crippen LogP contribution in [0.25, 0.3) is 44.5 Å². The van der Waals surface area contributed by atoms with Crippen molar-refractivity contribution in [1.82, 2.24) is 0 Å². The average Bonchev–Trinajstić information content (AvgIpc) is 3.74. The molecule has 3 aliphatic rings. The Morgan fingerprint density at radius 2 is 0.726 bits per heavy atom. The van der Waals surface area contributed by atoms with Gasteiger partial charge in [-0.1, -0.05) is 210 Å². The maximum atomic E-state index is 2.55. The summed E-state index contributed by atoms with van der Waals surface area (Å²) < 4.78 is 0. The van der Waals surface area contributed by atoms with E-state index in [1.807, 2.05) is 0 Å². The van der Waals surface area contributed by atoms with Gasteiger partial charge in [-0.25, -0.2) is 0 Å². The standard InChI is InChI=1S/C61H47N/c1-59(2)49-27-13-11-25-46(49)47-36-34-42(38-55(47)59)62(57-33-18-12-24-44(57)40-20-7-5-8-21-40)43-35-37-48-56(39-43)61(54-32-19-26-45(58(48)54)41-22-9-6-10-23-41)52-30-16-14-28-50(52)60(3,4)51-29-15-17-31-53(51)61/h5-39H,1-4H3. The fraction of sp³-hybridized carbons (Fsp3) is 0.115. The van der Waals surface area contributed by atoms with E-state index in [2.05, 4.69) is 245 Å². The molecule has 1 nitrogen and oxygen atoms in total. The number of nitrogens with zero attached hydrogens (tertiary/aromatic N) is 1. The number of para-hydroxylation sites is 1. The molecule has 0 fully saturated rings. The summed E-state index contributed by atoms with van der Waals surface area (Å²) in [6.45, 7) is 9.57. The molecule has 0 bridgehead atoms. The summed E-state index contributed by atoms with van der Waals surface area (Å²) in [4.78, 5) is 2.53. The zero-order valence-corrected chi connectivity index (χ0v) is 35.7. The molecule has 3 aliphatic carbocycles. The van der Waals surface area contributed by atoms with Gasteiger partial charge >= 0.3 is 0 Å². The summed E-state index contributed by atoms with van der Waals surface area (Å²) in [6, 6.07) is 79.8. The first-order valence-corrected chi connectivity index (χ1v) is 22.0. The second kappa shape index (κ2) is 13.4. The summed E-state index contributed by atoms with van der Waals surface area (Å²) in [7, 11) is 0. The predicted octanol–water partition coefficient (Wildman–Crippen LogP) is 15.8. The fourth-order valence-electron chi connectivity index (χ4n) is 11.7. The summed E-state index contributed by atoms with van der Waals surface area (Å²) in [5.74, 6) is 0. The van der Waals surface area contributed by atoms with Crippen LogP contribution in [0.4, 0.5) is 17.1 Å². The number of benzene rings is 9. The van der Waals surface area contributed by atoms with Crippen LogP contribution in [0.3, 0.4) is 0 Å². The zero-order valence-electron chi connectivity index (χ0n) is 35.7. The van der Waals surface area contributed by atoms with Crippen molar-refractivity contribution in [3.63, 3.8) is 0 Å². The summed E-state index contributed by atoms with van der Waals surface area (Å²) >= 11 is 0. The molecular formula is C61H47N. The molecule has 0 N–H and O–H groups in total. The van der Waals surface area contributed by atoms with E-state index in [0.717, 1.165) is 17.1 Å². The van der Waals surface area contributed by atoms with Crippen LogP contribution in [0.15, 0.2) is 212 Å². The van der Waals surface area contributed by atoms with Crippen LogP contribution in [0.2, 0.25) is 0 Å². The van der Waals surface area contributed by atoms with Crippen LogP contribution in [-0.2, 0) is 16.2 Å². The van der Waals surface area contributed by atoms with E-state index in [0.29, 0.717) is 0 Å². The normalized spacial score (nSPS) is 15.2. The highest BCUT2D eigenvalue weighted by molar-refractivity contribution is 5.99. The first-order chi connectivity index (χ1) is 30.3. The average molecular weight is 794 g/mol. The van der Waals surface area contributed by atoms with Gasteiger partial charge in [0.15, 0.2) is 0 Å². The first-order valence-electron chi connectivity index (χ1n) is 22.0. The molecule has 0 aliphatic heterocycles. The van der Waals surface area contributed by atoms with Crippen LogP contribution < -0.4 is 4.90 Å². The lowest BCUT2D eigenvalue weighted by Crippen LogP contribution is -2.40. The van der Waals surface area contributed by atoms with E-state index in [9.17, 15) is 0 Å². The SMILES string of the molecule is CC1(C)c2ccccc2-c2ccc(N(c3ccc4c(c3)C3(c5ccccc5C(C)(C)c5ccccc53)c3cccc(-c5ccccc5)c3-4)c3ccccc3-c3ccccc3)cc21. The third kappa shape index (κ3) is 4.97. The lowest BCUT2D eigenvalue weighted by molar-refractivity contribution is 0.563. The van der Waals surface area contributed by atoms with E-state index >= 15 is 0 Å². The van der Waals surface area contributed by atoms with Gasteiger partial charge in [0.25, 0.3) is 0 Å². The largest absolute Gasteiger partial charge is 0.310 e. The lowest BCUT2D eigenvalue weighted by Gasteiger charge is -2.46. The molecule has 1 heteroatoms. The minimum absolute atomic E-state index is 0.146. The quantitative estimate of drug-likeness (QED) is 0.168. The zero-order chi connectivity index (χ0) is 41.8. The van der Waals surface area contributed by atoms with Crippen molar-refractivity contribution < 1.29 is 0 Å². The van der Waals surface area contributed by atoms with Gasteiger partial charge in [-0.3, -0.25) is 0 Å². The molecule has 0 saturated heterocycles. The Morgan fingerprint density at radius 3 is 1.37 bits per heavy atom. The maximum absolute atomic E-state index is 2.55. The van der Waals surface area contributed by atoms with E-state index in [4.69, 9.17) is 0 Å². The van der Waals surface area contributed by atoms with Crippen LogP contribution in [0.1, 0.15) is 72.2 Å². The lowest BCUT2D eigenvalue weighted by atomic mass is 9.55. The van der Waals surface area contributed by atoms with Crippen molar-refractivity contribution in [2.75, 3.05) is 4.90 Å². The minimum atomic E-state index is -0.555. The van der Waals surface area contributed by atoms with Crippen molar-refractivity contribution in [1.29, 1.82) is 0 Å². The molecule has 62 heavy (non-hydrogen) atoms. The Labute approximate surface area is 365 Å². The molecule has 9 aromatic rings. The molecule has 0 unspecified atom stereocenters. The third-order valence-corrected chi connectivity index (χ3v) is 14.6. The molecule has 9 aromatic carbocycles. The molecule has 0 amide bonds. The number of fused-ring (bicyclic) bond motifs is 12. The van der Waals surface area contributed by atoms with Gasteiger partial charge in [-0.15, -0.1) is 0 Å². The van der Waals surface area contributed by atoms with Crippen molar-refractivity contribution >= 4 is 17.1 Å². The number of rotatable bonds is 5. The molecular weight excluding hydrogens is 747 g/mol. The van der Waals surface area contributed by atoms with Gasteiger partial charge < -0.3 is 4.90 Å². The molecule has 0 saturated carbocycles. The number of hydrogen-bond acceptors (Lipinski definition) is 1. The van der Waals surface area contributed by atoms with E-state index in [-0.39, 0.29) is 10.8 Å². The number of anilines is 3. The molecule has 0 atom stereocenters. The second-order valence-electron chi connectivity index (χ2n) is 18.4. The van der Waals surface area contributed by atoms with Gasteiger partial charge in [-0.05, 0) is 114 Å². The third-order valence-electron chi connectivity index (χ3n) is 14.6. The molecule has 0 radical (unpaired) electrons. The summed E-state index contributed by atoms with van der Waals surface area (Å²) in [6.07, 6.45) is 0. The Bertz CT molecular complexity index is 3190. The van der Waals surface area contributed by atoms with Crippen molar-refractivity contribution in [2.45, 2.75) is 43.9 Å². The monoisotopic (exact) mass is 793 g/mol. The van der Waals surface area contributed by atoms with Gasteiger partial charge in [0.2, 0.25) is 0 Å². The molecule has 0 aromatic heterocycles. The van der Waals surface area contributed by atoms with Crippen molar-refractivity contribution in [3.8, 4) is 44.5 Å². The summed E-state index contributed by atoms with van der Waals surface area (Å²) in [5.41, 5.74) is 23.5. The van der Waals surface area contributed by atoms with Crippen LogP contribution in [-0.4, -0.2) is 0 Å². The van der Waals surface area contributed by atoms with Crippen LogP contribution in [0, 0.1) is 0 Å². The highest BCUT2D eigenvalue weighted by Crippen LogP contribution is 2.64. The number of hydrogen-bond donors (Lipinski definition) is 0. The van der Waals surface area contributed by atoms with Crippen molar-refractivity contribution in [3.05, 3.63) is 257 Å². The minimum Gasteiger partial charge on any atom is -0.310 e. The molecule has 0 heterocycles. The Balaban J connectivity index is 1.18. The molecule has 1 spiro atoms. The van der Waals surface area contributed by atoms with Crippen LogP contribution in [0.5, 0.6) is 0 Å². The highest BCUT2D eigenvalue weighted by atomic mass is 15.1. The van der Waals surface area contributed by atoms with E-state index in [1.165, 1.54) is 89.0 Å². The maximum Gasteiger partial charge on any atom is 0.0720 e. The molecule has 12 rings (SSSR count). The first kappa shape index (κ1) is 36.6. The smallest absolute Gasteiger partial charge is 0.0720 e. The predicted molar refractivity (Wildman–Crippen MR) is 259 cm³/mol. The van der Waals surface area contributed by atoms with Crippen molar-refractivity contribution in [2.24, 2.45) is 0 Å². The topological polar surface area (TPSA) is 3.24 Å². The molecule has 296 valence electrons. The van der Waals surface area contributed by atoms with Gasteiger partial charge in [0.05, 0.1) is 11.1 Å². The fourth-order valence-corrected chi connectivity index (χ4v) is 11.7. The van der Waals surface area contributed by atoms with E-state index in [1.54, 1.807) is 0 Å². The van der Waals surface area contributed by atoms with E-state index < -0.39 is 5.41 Å². The van der Waals surface area contributed by atoms with Gasteiger partial charge in [0, 0.05) is 27.8 Å². The Hall–Kier alpha value is -7.22. The highest BCUT2D eigenvalue weighted by Gasteiger charge is 2.54.